The van der Waals surface area contributed by atoms with Crippen LogP contribution in [0.15, 0.2) is 72.2 Å². The van der Waals surface area contributed by atoms with Gasteiger partial charge in [-0.3, -0.25) is 4.98 Å². The zero-order valence-electron chi connectivity index (χ0n) is 20.7. The number of benzene rings is 2. The first-order chi connectivity index (χ1) is 16.9. The van der Waals surface area contributed by atoms with Crippen molar-refractivity contribution in [3.8, 4) is 5.75 Å². The number of hydrogen-bond acceptors (Lipinski definition) is 7. The van der Waals surface area contributed by atoms with E-state index < -0.39 is 5.97 Å². The molecular formula is C28H30N2O5. The average molecular weight is 475 g/mol. The normalized spacial score (nSPS) is 11.7. The summed E-state index contributed by atoms with van der Waals surface area (Å²) in [5, 5.41) is 4.26. The molecule has 0 atom stereocenters. The minimum absolute atomic E-state index is 0.272. The smallest absolute Gasteiger partial charge is 0.341 e. The van der Waals surface area contributed by atoms with Crippen LogP contribution in [0.5, 0.6) is 5.75 Å². The van der Waals surface area contributed by atoms with Gasteiger partial charge in [0.15, 0.2) is 6.61 Å². The molecule has 0 aliphatic carbocycles. The molecule has 3 rings (SSSR count). The van der Waals surface area contributed by atoms with E-state index in [1.807, 2.05) is 75.4 Å². The zero-order chi connectivity index (χ0) is 25.2. The van der Waals surface area contributed by atoms with Crippen LogP contribution >= 0.6 is 0 Å². The number of aromatic nitrogens is 1. The second-order valence-corrected chi connectivity index (χ2v) is 7.91. The monoisotopic (exact) mass is 474 g/mol. The van der Waals surface area contributed by atoms with Crippen molar-refractivity contribution in [3.05, 3.63) is 101 Å². The molecule has 2 aromatic carbocycles. The predicted molar refractivity (Wildman–Crippen MR) is 135 cm³/mol. The molecule has 0 amide bonds. The topological polar surface area (TPSA) is 79.2 Å². The Morgan fingerprint density at radius 2 is 1.74 bits per heavy atom. The van der Waals surface area contributed by atoms with Gasteiger partial charge in [-0.05, 0) is 67.3 Å². The number of carbonyl (C=O) groups excluding carboxylic acids is 1. The van der Waals surface area contributed by atoms with E-state index in [1.165, 1.54) is 20.5 Å². The van der Waals surface area contributed by atoms with Crippen LogP contribution in [0.25, 0.3) is 5.57 Å². The lowest BCUT2D eigenvalue weighted by molar-refractivity contribution is -0.133. The second kappa shape index (κ2) is 12.4. The van der Waals surface area contributed by atoms with Crippen molar-refractivity contribution >= 4 is 17.3 Å². The van der Waals surface area contributed by atoms with Crippen LogP contribution in [0.4, 0.5) is 0 Å². The van der Waals surface area contributed by atoms with Gasteiger partial charge in [0.25, 0.3) is 0 Å². The van der Waals surface area contributed by atoms with E-state index >= 15 is 0 Å². The Morgan fingerprint density at radius 1 is 0.971 bits per heavy atom. The highest BCUT2D eigenvalue weighted by Gasteiger charge is 2.17. The van der Waals surface area contributed by atoms with E-state index in [1.54, 1.807) is 6.20 Å². The van der Waals surface area contributed by atoms with Crippen molar-refractivity contribution in [1.82, 2.24) is 4.98 Å². The number of esters is 1. The van der Waals surface area contributed by atoms with Gasteiger partial charge in [-0.25, -0.2) is 4.79 Å². The molecule has 1 heterocycles. The lowest BCUT2D eigenvalue weighted by Crippen LogP contribution is -2.09. The van der Waals surface area contributed by atoms with Crippen molar-refractivity contribution in [2.75, 3.05) is 14.2 Å². The Balaban J connectivity index is 1.75. The third-order valence-corrected chi connectivity index (χ3v) is 5.38. The summed E-state index contributed by atoms with van der Waals surface area (Å²) in [7, 11) is 2.83. The lowest BCUT2D eigenvalue weighted by atomic mass is 10.0. The van der Waals surface area contributed by atoms with E-state index in [2.05, 4.69) is 10.1 Å². The van der Waals surface area contributed by atoms with E-state index in [9.17, 15) is 4.79 Å². The number of ether oxygens (including phenoxy) is 3. The third kappa shape index (κ3) is 6.69. The summed E-state index contributed by atoms with van der Waals surface area (Å²) in [4.78, 5) is 22.0. The maximum Gasteiger partial charge on any atom is 0.341 e. The van der Waals surface area contributed by atoms with Crippen LogP contribution in [0.3, 0.4) is 0 Å². The van der Waals surface area contributed by atoms with Crippen LogP contribution in [0.2, 0.25) is 0 Å². The summed E-state index contributed by atoms with van der Waals surface area (Å²) in [5.41, 5.74) is 6.40. The summed E-state index contributed by atoms with van der Waals surface area (Å²) >= 11 is 0. The first kappa shape index (κ1) is 25.5. The Labute approximate surface area is 206 Å². The van der Waals surface area contributed by atoms with Gasteiger partial charge in [0.2, 0.25) is 0 Å². The zero-order valence-corrected chi connectivity index (χ0v) is 20.7. The van der Waals surface area contributed by atoms with Crippen molar-refractivity contribution in [1.29, 1.82) is 0 Å². The number of nitrogens with zero attached hydrogens (tertiary/aromatic N) is 2. The number of hydrogen-bond donors (Lipinski definition) is 0. The molecule has 0 aliphatic rings. The van der Waals surface area contributed by atoms with E-state index in [-0.39, 0.29) is 6.61 Å². The molecule has 182 valence electrons. The molecule has 0 fully saturated rings. The molecule has 3 aromatic rings. The Hall–Kier alpha value is -4.13. The summed E-state index contributed by atoms with van der Waals surface area (Å²) in [6.45, 7) is 6.48. The number of pyridine rings is 1. The molecule has 0 unspecified atom stereocenters. The standard InChI is InChI=1S/C28H30N2O5/c1-19-15-27(20(2)14-25(19)21(3)30-35-17-23-11-8-9-13-29-23)34-16-22-10-6-7-12-24(22)26(18-32-4)28(31)33-5/h6-15,18H,16-17H2,1-5H3. The van der Waals surface area contributed by atoms with Crippen molar-refractivity contribution in [2.24, 2.45) is 5.16 Å². The van der Waals surface area contributed by atoms with Crippen LogP contribution in [0.1, 0.15) is 40.4 Å². The molecule has 7 nitrogen and oxygen atoms in total. The first-order valence-electron chi connectivity index (χ1n) is 11.1. The fourth-order valence-electron chi connectivity index (χ4n) is 3.58. The van der Waals surface area contributed by atoms with Crippen molar-refractivity contribution < 1.29 is 23.8 Å². The summed E-state index contributed by atoms with van der Waals surface area (Å²) in [6.07, 6.45) is 3.11. The number of oxime groups is 1. The molecule has 0 N–H and O–H groups in total. The maximum absolute atomic E-state index is 12.2. The summed E-state index contributed by atoms with van der Waals surface area (Å²) < 4.78 is 16.2. The second-order valence-electron chi connectivity index (χ2n) is 7.91. The number of carbonyl (C=O) groups is 1. The molecule has 0 radical (unpaired) electrons. The largest absolute Gasteiger partial charge is 0.503 e. The number of methoxy groups -OCH3 is 2. The summed E-state index contributed by atoms with van der Waals surface area (Å²) in [5.74, 6) is 0.273. The quantitative estimate of drug-likeness (QED) is 0.129. The molecule has 35 heavy (non-hydrogen) atoms. The minimum atomic E-state index is -0.476. The number of rotatable bonds is 10. The van der Waals surface area contributed by atoms with Crippen molar-refractivity contribution in [3.63, 3.8) is 0 Å². The highest BCUT2D eigenvalue weighted by Crippen LogP contribution is 2.27. The van der Waals surface area contributed by atoms with Crippen LogP contribution in [0, 0.1) is 13.8 Å². The van der Waals surface area contributed by atoms with Gasteiger partial charge >= 0.3 is 5.97 Å². The molecular weight excluding hydrogens is 444 g/mol. The van der Waals surface area contributed by atoms with Gasteiger partial charge in [-0.1, -0.05) is 35.5 Å². The first-order valence-corrected chi connectivity index (χ1v) is 11.1. The number of aryl methyl sites for hydroxylation is 2. The Morgan fingerprint density at radius 3 is 2.46 bits per heavy atom. The molecule has 0 aliphatic heterocycles. The minimum Gasteiger partial charge on any atom is -0.503 e. The van der Waals surface area contributed by atoms with Gasteiger partial charge in [-0.15, -0.1) is 0 Å². The van der Waals surface area contributed by atoms with Crippen molar-refractivity contribution in [2.45, 2.75) is 34.0 Å². The fourth-order valence-corrected chi connectivity index (χ4v) is 3.58. The van der Waals surface area contributed by atoms with E-state index in [0.717, 1.165) is 39.4 Å². The highest BCUT2D eigenvalue weighted by atomic mass is 16.6. The summed E-state index contributed by atoms with van der Waals surface area (Å²) in [6, 6.07) is 17.2. The molecule has 1 aromatic heterocycles. The highest BCUT2D eigenvalue weighted by molar-refractivity contribution is 6.16. The maximum atomic E-state index is 12.2. The predicted octanol–water partition coefficient (Wildman–Crippen LogP) is 5.38. The van der Waals surface area contributed by atoms with Gasteiger partial charge in [0.05, 0.1) is 31.9 Å². The Bertz CT molecular complexity index is 1220. The van der Waals surface area contributed by atoms with Crippen LogP contribution in [-0.2, 0) is 32.3 Å². The molecule has 0 saturated carbocycles. The average Bonchev–Trinajstić information content (AvgIpc) is 2.88. The SMILES string of the molecule is COC=C(C(=O)OC)c1ccccc1COc1cc(C)c(C(C)=NOCc2ccccn2)cc1C. The Kier molecular flexibility index (Phi) is 9.01. The molecule has 7 heteroatoms. The fraction of sp³-hybridized carbons (Fsp3) is 0.250. The third-order valence-electron chi connectivity index (χ3n) is 5.38. The molecule has 0 bridgehead atoms. The van der Waals surface area contributed by atoms with Gasteiger partial charge in [0, 0.05) is 11.8 Å². The van der Waals surface area contributed by atoms with Gasteiger partial charge in [-0.2, -0.15) is 0 Å². The van der Waals surface area contributed by atoms with Gasteiger partial charge in [0.1, 0.15) is 17.9 Å². The van der Waals surface area contributed by atoms with Crippen LogP contribution < -0.4 is 4.74 Å². The van der Waals surface area contributed by atoms with Crippen LogP contribution in [-0.4, -0.2) is 30.9 Å². The van der Waals surface area contributed by atoms with E-state index in [4.69, 9.17) is 19.0 Å². The van der Waals surface area contributed by atoms with Gasteiger partial charge < -0.3 is 19.0 Å². The molecule has 0 saturated heterocycles. The lowest BCUT2D eigenvalue weighted by Gasteiger charge is -2.16. The molecule has 0 spiro atoms. The van der Waals surface area contributed by atoms with E-state index in [0.29, 0.717) is 17.7 Å².